The maximum absolute atomic E-state index is 10.7. The molecule has 0 aliphatic heterocycles. The summed E-state index contributed by atoms with van der Waals surface area (Å²) in [5.74, 6) is 1.08. The molecule has 2 N–H and O–H groups in total. The molecule has 0 aromatic rings. The molecule has 0 aromatic heterocycles. The molecule has 1 atom stereocenters. The Balaban J connectivity index is 2.75. The highest BCUT2D eigenvalue weighted by Gasteiger charge is 2.24. The fourth-order valence-electron chi connectivity index (χ4n) is 1.45. The van der Waals surface area contributed by atoms with E-state index in [1.54, 1.807) is 5.94 Å². The van der Waals surface area contributed by atoms with Crippen molar-refractivity contribution in [3.63, 3.8) is 0 Å². The van der Waals surface area contributed by atoms with Gasteiger partial charge in [-0.05, 0) is 19.3 Å². The van der Waals surface area contributed by atoms with Crippen molar-refractivity contribution >= 4 is 11.8 Å². The van der Waals surface area contributed by atoms with Gasteiger partial charge < -0.3 is 5.73 Å². The zero-order chi connectivity index (χ0) is 8.27. The molecular weight excluding hydrogens is 142 g/mol. The van der Waals surface area contributed by atoms with Crippen LogP contribution in [0.25, 0.3) is 0 Å². The van der Waals surface area contributed by atoms with E-state index in [0.29, 0.717) is 12.0 Å². The topological polar surface area (TPSA) is 60.2 Å². The van der Waals surface area contributed by atoms with Gasteiger partial charge in [0.1, 0.15) is 5.94 Å². The lowest BCUT2D eigenvalue weighted by molar-refractivity contribution is -0.121. The van der Waals surface area contributed by atoms with Crippen LogP contribution in [0.3, 0.4) is 0 Å². The molecule has 1 saturated carbocycles. The second kappa shape index (κ2) is 3.35. The molecule has 3 nitrogen and oxygen atoms in total. The molecule has 0 radical (unpaired) electrons. The quantitative estimate of drug-likeness (QED) is 0.555. The van der Waals surface area contributed by atoms with Crippen molar-refractivity contribution in [1.82, 2.24) is 0 Å². The molecule has 0 spiro atoms. The number of hydrogen-bond donors (Lipinski definition) is 1. The SMILES string of the molecule is NC(=O)C1CCCCC1=C=O. The van der Waals surface area contributed by atoms with Gasteiger partial charge in [-0.15, -0.1) is 0 Å². The first-order valence-electron chi connectivity index (χ1n) is 3.79. The van der Waals surface area contributed by atoms with Gasteiger partial charge in [0.2, 0.25) is 5.91 Å². The van der Waals surface area contributed by atoms with Crippen molar-refractivity contribution in [3.05, 3.63) is 5.57 Å². The number of carbonyl (C=O) groups is 1. The third kappa shape index (κ3) is 1.69. The van der Waals surface area contributed by atoms with Gasteiger partial charge in [-0.25, -0.2) is 4.79 Å². The molecule has 3 heteroatoms. The van der Waals surface area contributed by atoms with Gasteiger partial charge in [0.05, 0.1) is 5.92 Å². The van der Waals surface area contributed by atoms with Gasteiger partial charge in [0.25, 0.3) is 0 Å². The van der Waals surface area contributed by atoms with Crippen LogP contribution in [0.1, 0.15) is 25.7 Å². The Kier molecular flexibility index (Phi) is 2.44. The summed E-state index contributed by atoms with van der Waals surface area (Å²) in [5, 5.41) is 0. The van der Waals surface area contributed by atoms with E-state index >= 15 is 0 Å². The highest BCUT2D eigenvalue weighted by molar-refractivity contribution is 5.82. The molecule has 11 heavy (non-hydrogen) atoms. The molecule has 0 saturated heterocycles. The number of nitrogens with two attached hydrogens (primary N) is 1. The second-order valence-electron chi connectivity index (χ2n) is 2.83. The zero-order valence-corrected chi connectivity index (χ0v) is 6.30. The van der Waals surface area contributed by atoms with Crippen LogP contribution in [-0.2, 0) is 9.59 Å². The lowest BCUT2D eigenvalue weighted by Gasteiger charge is -2.18. The summed E-state index contributed by atoms with van der Waals surface area (Å²) in [4.78, 5) is 21.1. The first kappa shape index (κ1) is 8.02. The van der Waals surface area contributed by atoms with Crippen LogP contribution in [0.5, 0.6) is 0 Å². The minimum absolute atomic E-state index is 0.332. The molecule has 60 valence electrons. The average molecular weight is 153 g/mol. The smallest absolute Gasteiger partial charge is 0.225 e. The first-order chi connectivity index (χ1) is 5.25. The van der Waals surface area contributed by atoms with E-state index < -0.39 is 0 Å². The van der Waals surface area contributed by atoms with Crippen molar-refractivity contribution in [2.24, 2.45) is 11.7 Å². The Morgan fingerprint density at radius 3 is 2.73 bits per heavy atom. The van der Waals surface area contributed by atoms with Crippen LogP contribution in [0, 0.1) is 5.92 Å². The van der Waals surface area contributed by atoms with Gasteiger partial charge in [0.15, 0.2) is 0 Å². The monoisotopic (exact) mass is 153 g/mol. The van der Waals surface area contributed by atoms with Crippen LogP contribution in [0.2, 0.25) is 0 Å². The lowest BCUT2D eigenvalue weighted by Crippen LogP contribution is -2.27. The van der Waals surface area contributed by atoms with Crippen LogP contribution in [0.15, 0.2) is 5.57 Å². The lowest BCUT2D eigenvalue weighted by atomic mass is 9.85. The van der Waals surface area contributed by atoms with Gasteiger partial charge in [0, 0.05) is 5.57 Å². The molecule has 0 heterocycles. The molecule has 1 amide bonds. The Morgan fingerprint density at radius 1 is 1.55 bits per heavy atom. The van der Waals surface area contributed by atoms with E-state index in [4.69, 9.17) is 5.73 Å². The molecule has 1 rings (SSSR count). The van der Waals surface area contributed by atoms with Crippen molar-refractivity contribution < 1.29 is 9.59 Å². The predicted octanol–water partition coefficient (Wildman–Crippen LogP) is 0.420. The molecule has 1 fully saturated rings. The van der Waals surface area contributed by atoms with Gasteiger partial charge in [-0.3, -0.25) is 4.79 Å². The minimum atomic E-state index is -0.386. The molecule has 1 aliphatic rings. The van der Waals surface area contributed by atoms with Gasteiger partial charge >= 0.3 is 0 Å². The maximum atomic E-state index is 10.7. The molecule has 0 aromatic carbocycles. The predicted molar refractivity (Wildman–Crippen MR) is 40.4 cm³/mol. The van der Waals surface area contributed by atoms with Crippen LogP contribution in [0.4, 0.5) is 0 Å². The summed E-state index contributed by atoms with van der Waals surface area (Å²) in [6.07, 6.45) is 3.38. The fraction of sp³-hybridized carbons (Fsp3) is 0.625. The van der Waals surface area contributed by atoms with Crippen molar-refractivity contribution in [2.75, 3.05) is 0 Å². The summed E-state index contributed by atoms with van der Waals surface area (Å²) < 4.78 is 0. The standard InChI is InChI=1S/C8H11NO2/c9-8(11)7-4-2-1-3-6(7)5-10/h7H,1-4H2,(H2,9,11). The zero-order valence-electron chi connectivity index (χ0n) is 6.30. The third-order valence-electron chi connectivity index (χ3n) is 2.08. The van der Waals surface area contributed by atoms with Crippen molar-refractivity contribution in [2.45, 2.75) is 25.7 Å². The normalized spacial score (nSPS) is 24.4. The number of amides is 1. The highest BCUT2D eigenvalue weighted by atomic mass is 16.1. The van der Waals surface area contributed by atoms with Gasteiger partial charge in [-0.1, -0.05) is 6.42 Å². The maximum Gasteiger partial charge on any atom is 0.225 e. The van der Waals surface area contributed by atoms with Crippen molar-refractivity contribution in [3.8, 4) is 0 Å². The summed E-state index contributed by atoms with van der Waals surface area (Å²) in [6, 6.07) is 0. The Bertz CT molecular complexity index is 216. The second-order valence-corrected chi connectivity index (χ2v) is 2.83. The number of primary amides is 1. The summed E-state index contributed by atoms with van der Waals surface area (Å²) in [6.45, 7) is 0. The van der Waals surface area contributed by atoms with E-state index in [-0.39, 0.29) is 11.8 Å². The first-order valence-corrected chi connectivity index (χ1v) is 3.79. The van der Waals surface area contributed by atoms with Gasteiger partial charge in [-0.2, -0.15) is 0 Å². The molecule has 0 bridgehead atoms. The summed E-state index contributed by atoms with van der Waals surface area (Å²) >= 11 is 0. The number of rotatable bonds is 1. The van der Waals surface area contributed by atoms with Crippen molar-refractivity contribution in [1.29, 1.82) is 0 Å². The molecule has 1 aliphatic carbocycles. The van der Waals surface area contributed by atoms with Crippen LogP contribution in [-0.4, -0.2) is 11.8 Å². The highest BCUT2D eigenvalue weighted by Crippen LogP contribution is 2.26. The van der Waals surface area contributed by atoms with E-state index in [1.165, 1.54) is 0 Å². The summed E-state index contributed by atoms with van der Waals surface area (Å²) in [7, 11) is 0. The Labute approximate surface area is 65.3 Å². The Morgan fingerprint density at radius 2 is 2.27 bits per heavy atom. The minimum Gasteiger partial charge on any atom is -0.369 e. The van der Waals surface area contributed by atoms with E-state index in [2.05, 4.69) is 0 Å². The van der Waals surface area contributed by atoms with E-state index in [0.717, 1.165) is 19.3 Å². The van der Waals surface area contributed by atoms with E-state index in [1.807, 2.05) is 0 Å². The average Bonchev–Trinajstić information content (AvgIpc) is 2.04. The number of hydrogen-bond acceptors (Lipinski definition) is 2. The Hall–Kier alpha value is -1.08. The van der Waals surface area contributed by atoms with Crippen LogP contribution < -0.4 is 5.73 Å². The summed E-state index contributed by atoms with van der Waals surface area (Å²) in [5.41, 5.74) is 5.65. The van der Waals surface area contributed by atoms with Crippen LogP contribution >= 0.6 is 0 Å². The molecule has 1 unspecified atom stereocenters. The van der Waals surface area contributed by atoms with E-state index in [9.17, 15) is 9.59 Å². The molecular formula is C8H11NO2. The largest absolute Gasteiger partial charge is 0.369 e. The number of carbonyl (C=O) groups excluding carboxylic acids is 2. The fourth-order valence-corrected chi connectivity index (χ4v) is 1.45. The third-order valence-corrected chi connectivity index (χ3v) is 2.08.